The molecule has 1 aromatic rings. The molecule has 3 rings (SSSR count). The van der Waals surface area contributed by atoms with Crippen molar-refractivity contribution in [2.75, 3.05) is 26.3 Å². The van der Waals surface area contributed by atoms with Gasteiger partial charge in [0.25, 0.3) is 10.0 Å². The number of aryl methyl sites for hydroxylation is 1. The lowest BCUT2D eigenvalue weighted by Crippen LogP contribution is -2.39. The Morgan fingerprint density at radius 3 is 2.23 bits per heavy atom. The number of rotatable bonds is 3. The molecular formula is C19H22N2O4S. The second-order valence-electron chi connectivity index (χ2n) is 6.47. The van der Waals surface area contributed by atoms with Crippen molar-refractivity contribution in [1.29, 1.82) is 0 Å². The van der Waals surface area contributed by atoms with Crippen LogP contribution in [-0.2, 0) is 19.6 Å². The van der Waals surface area contributed by atoms with Crippen LogP contribution in [0.25, 0.3) is 0 Å². The number of carbonyl (C=O) groups is 1. The van der Waals surface area contributed by atoms with Gasteiger partial charge < -0.3 is 9.64 Å². The van der Waals surface area contributed by atoms with Crippen LogP contribution in [0.1, 0.15) is 19.4 Å². The predicted molar refractivity (Wildman–Crippen MR) is 99.7 cm³/mol. The largest absolute Gasteiger partial charge is 0.378 e. The molecule has 0 radical (unpaired) electrons. The van der Waals surface area contributed by atoms with Gasteiger partial charge in [0.1, 0.15) is 0 Å². The molecule has 0 saturated carbocycles. The van der Waals surface area contributed by atoms with Gasteiger partial charge in [-0.2, -0.15) is 12.8 Å². The van der Waals surface area contributed by atoms with Gasteiger partial charge in [0, 0.05) is 18.7 Å². The smallest absolute Gasteiger partial charge is 0.282 e. The van der Waals surface area contributed by atoms with Gasteiger partial charge in [0.2, 0.25) is 5.78 Å². The highest BCUT2D eigenvalue weighted by atomic mass is 32.2. The SMILES string of the molecule is CC1=C(C)C(=NS(=O)(=O)c2ccc(C)cc2)C=C(N2CCOCC2)C1=O. The molecule has 1 fully saturated rings. The fraction of sp³-hybridized carbons (Fsp3) is 0.368. The number of hydrogen-bond acceptors (Lipinski definition) is 5. The van der Waals surface area contributed by atoms with E-state index in [-0.39, 0.29) is 10.7 Å². The first-order chi connectivity index (χ1) is 12.3. The van der Waals surface area contributed by atoms with Crippen molar-refractivity contribution < 1.29 is 17.9 Å². The van der Waals surface area contributed by atoms with Gasteiger partial charge >= 0.3 is 0 Å². The van der Waals surface area contributed by atoms with Gasteiger partial charge in [0.15, 0.2) is 0 Å². The first kappa shape index (κ1) is 18.5. The molecule has 0 unspecified atom stereocenters. The number of allylic oxidation sites excluding steroid dienone is 3. The van der Waals surface area contributed by atoms with Gasteiger partial charge in [-0.05, 0) is 44.6 Å². The molecule has 1 heterocycles. The fourth-order valence-electron chi connectivity index (χ4n) is 2.88. The molecule has 1 aliphatic heterocycles. The van der Waals surface area contributed by atoms with E-state index in [1.165, 1.54) is 0 Å². The van der Waals surface area contributed by atoms with Gasteiger partial charge in [-0.1, -0.05) is 17.7 Å². The molecular weight excluding hydrogens is 352 g/mol. The predicted octanol–water partition coefficient (Wildman–Crippen LogP) is 2.26. The molecule has 0 N–H and O–H groups in total. The average molecular weight is 374 g/mol. The summed E-state index contributed by atoms with van der Waals surface area (Å²) in [7, 11) is -3.85. The van der Waals surface area contributed by atoms with Crippen molar-refractivity contribution in [2.24, 2.45) is 4.40 Å². The van der Waals surface area contributed by atoms with Crippen LogP contribution in [0.2, 0.25) is 0 Å². The summed E-state index contributed by atoms with van der Waals surface area (Å²) in [6, 6.07) is 6.56. The van der Waals surface area contributed by atoms with Crippen LogP contribution >= 0.6 is 0 Å². The molecule has 0 amide bonds. The number of nitrogens with zero attached hydrogens (tertiary/aromatic N) is 2. The minimum absolute atomic E-state index is 0.0870. The van der Waals surface area contributed by atoms with Crippen molar-refractivity contribution in [1.82, 2.24) is 4.90 Å². The average Bonchev–Trinajstić information content (AvgIpc) is 2.63. The molecule has 0 atom stereocenters. The van der Waals surface area contributed by atoms with E-state index in [0.717, 1.165) is 5.56 Å². The third-order valence-corrected chi connectivity index (χ3v) is 5.99. The van der Waals surface area contributed by atoms with Crippen molar-refractivity contribution in [2.45, 2.75) is 25.7 Å². The first-order valence-electron chi connectivity index (χ1n) is 8.48. The molecule has 6 nitrogen and oxygen atoms in total. The van der Waals surface area contributed by atoms with E-state index in [1.807, 2.05) is 11.8 Å². The number of ether oxygens (including phenoxy) is 1. The summed E-state index contributed by atoms with van der Waals surface area (Å²) in [6.45, 7) is 7.61. The quantitative estimate of drug-likeness (QED) is 0.759. The van der Waals surface area contributed by atoms with Crippen LogP contribution in [0.4, 0.5) is 0 Å². The zero-order chi connectivity index (χ0) is 18.9. The number of benzene rings is 1. The van der Waals surface area contributed by atoms with Gasteiger partial charge in [-0.25, -0.2) is 0 Å². The molecule has 0 aromatic heterocycles. The standard InChI is InChI=1S/C19H22N2O4S/c1-13-4-6-16(7-5-13)26(23,24)20-17-12-18(19(22)15(3)14(17)2)21-8-10-25-11-9-21/h4-7,12H,8-11H2,1-3H3. The number of Topliss-reactive ketones (excluding diaryl/α,β-unsaturated/α-hetero) is 1. The highest BCUT2D eigenvalue weighted by Crippen LogP contribution is 2.24. The van der Waals surface area contributed by atoms with E-state index in [4.69, 9.17) is 4.74 Å². The Bertz CT molecular complexity index is 919. The Morgan fingerprint density at radius 1 is 1.00 bits per heavy atom. The Kier molecular flexibility index (Phi) is 5.11. The third kappa shape index (κ3) is 3.64. The number of morpholine rings is 1. The van der Waals surface area contributed by atoms with Crippen molar-refractivity contribution >= 4 is 21.5 Å². The Labute approximate surface area is 153 Å². The van der Waals surface area contributed by atoms with Crippen LogP contribution in [0, 0.1) is 6.92 Å². The monoisotopic (exact) mass is 374 g/mol. The van der Waals surface area contributed by atoms with Gasteiger partial charge in [0.05, 0.1) is 29.5 Å². The van der Waals surface area contributed by atoms with E-state index in [0.29, 0.717) is 48.9 Å². The zero-order valence-corrected chi connectivity index (χ0v) is 16.0. The molecule has 1 aromatic carbocycles. The summed E-state index contributed by atoms with van der Waals surface area (Å²) in [5.41, 5.74) is 2.87. The second-order valence-corrected chi connectivity index (χ2v) is 8.08. The summed E-state index contributed by atoms with van der Waals surface area (Å²) in [5, 5.41) is 0. The normalized spacial score (nSPS) is 20.6. The Morgan fingerprint density at radius 2 is 1.62 bits per heavy atom. The lowest BCUT2D eigenvalue weighted by atomic mass is 9.93. The molecule has 1 aliphatic carbocycles. The summed E-state index contributed by atoms with van der Waals surface area (Å²) < 4.78 is 34.7. The topological polar surface area (TPSA) is 76.0 Å². The maximum Gasteiger partial charge on any atom is 0.282 e. The van der Waals surface area contributed by atoms with Gasteiger partial charge in [-0.3, -0.25) is 4.79 Å². The summed E-state index contributed by atoms with van der Waals surface area (Å²) in [6.07, 6.45) is 1.59. The second kappa shape index (κ2) is 7.17. The van der Waals surface area contributed by atoms with Gasteiger partial charge in [-0.15, -0.1) is 0 Å². The lowest BCUT2D eigenvalue weighted by Gasteiger charge is -2.32. The number of hydrogen-bond donors (Lipinski definition) is 0. The number of ketones is 1. The molecule has 1 saturated heterocycles. The molecule has 0 bridgehead atoms. The van der Waals surface area contributed by atoms with Crippen LogP contribution in [0.15, 0.2) is 56.5 Å². The van der Waals surface area contributed by atoms with Crippen LogP contribution in [0.3, 0.4) is 0 Å². The molecule has 26 heavy (non-hydrogen) atoms. The fourth-order valence-corrected chi connectivity index (χ4v) is 3.92. The van der Waals surface area contributed by atoms with E-state index in [2.05, 4.69) is 4.40 Å². The molecule has 0 spiro atoms. The Balaban J connectivity index is 2.03. The Hall–Kier alpha value is -2.25. The minimum Gasteiger partial charge on any atom is -0.378 e. The maximum absolute atomic E-state index is 12.7. The summed E-state index contributed by atoms with van der Waals surface area (Å²) in [4.78, 5) is 14.7. The van der Waals surface area contributed by atoms with E-state index < -0.39 is 10.0 Å². The molecule has 7 heteroatoms. The summed E-state index contributed by atoms with van der Waals surface area (Å²) in [5.74, 6) is -0.0870. The maximum atomic E-state index is 12.7. The van der Waals surface area contributed by atoms with E-state index in [1.54, 1.807) is 44.2 Å². The van der Waals surface area contributed by atoms with Crippen LogP contribution < -0.4 is 0 Å². The third-order valence-electron chi connectivity index (χ3n) is 4.68. The van der Waals surface area contributed by atoms with Crippen molar-refractivity contribution in [3.63, 3.8) is 0 Å². The van der Waals surface area contributed by atoms with E-state index in [9.17, 15) is 13.2 Å². The lowest BCUT2D eigenvalue weighted by molar-refractivity contribution is -0.114. The van der Waals surface area contributed by atoms with Crippen LogP contribution in [-0.4, -0.2) is 51.1 Å². The highest BCUT2D eigenvalue weighted by Gasteiger charge is 2.28. The summed E-state index contributed by atoms with van der Waals surface area (Å²) >= 11 is 0. The van der Waals surface area contributed by atoms with Crippen molar-refractivity contribution in [3.8, 4) is 0 Å². The molecule has 138 valence electrons. The zero-order valence-electron chi connectivity index (χ0n) is 15.2. The molecule has 2 aliphatic rings. The van der Waals surface area contributed by atoms with E-state index >= 15 is 0 Å². The minimum atomic E-state index is -3.85. The highest BCUT2D eigenvalue weighted by molar-refractivity contribution is 7.90. The number of sulfonamides is 1. The van der Waals surface area contributed by atoms with Crippen molar-refractivity contribution in [3.05, 3.63) is 52.7 Å². The number of carbonyl (C=O) groups excluding carboxylic acids is 1. The first-order valence-corrected chi connectivity index (χ1v) is 9.92. The van der Waals surface area contributed by atoms with Crippen LogP contribution in [0.5, 0.6) is 0 Å².